The van der Waals surface area contributed by atoms with Gasteiger partial charge in [0.25, 0.3) is 0 Å². The van der Waals surface area contributed by atoms with Gasteiger partial charge < -0.3 is 20.1 Å². The first-order valence-corrected chi connectivity index (χ1v) is 8.71. The number of methoxy groups -OCH3 is 1. The molecule has 1 amide bonds. The second kappa shape index (κ2) is 7.99. The number of nitrogens with zero attached hydrogens (tertiary/aromatic N) is 2. The number of nitrogens with two attached hydrogens (primary N) is 1. The highest BCUT2D eigenvalue weighted by atomic mass is 16.6. The number of nitrogens with one attached hydrogen (secondary N) is 1. The number of amides is 1. The van der Waals surface area contributed by atoms with Crippen molar-refractivity contribution in [1.29, 1.82) is 5.41 Å². The smallest absolute Gasteiger partial charge is 0.414 e. The van der Waals surface area contributed by atoms with Gasteiger partial charge in [-0.25, -0.2) is 9.59 Å². The maximum Gasteiger partial charge on any atom is 0.414 e. The van der Waals surface area contributed by atoms with E-state index in [9.17, 15) is 9.59 Å². The zero-order valence-electron chi connectivity index (χ0n) is 15.7. The van der Waals surface area contributed by atoms with Crippen LogP contribution in [0.5, 0.6) is 0 Å². The van der Waals surface area contributed by atoms with E-state index in [0.29, 0.717) is 29.9 Å². The third-order valence-corrected chi connectivity index (χ3v) is 4.57. The van der Waals surface area contributed by atoms with E-state index in [4.69, 9.17) is 20.6 Å². The van der Waals surface area contributed by atoms with Crippen molar-refractivity contribution in [2.24, 2.45) is 5.73 Å². The largest absolute Gasteiger partial charge is 0.465 e. The average Bonchev–Trinajstić information content (AvgIpc) is 3.07. The summed E-state index contributed by atoms with van der Waals surface area (Å²) in [4.78, 5) is 27.3. The van der Waals surface area contributed by atoms with Gasteiger partial charge in [0.1, 0.15) is 11.9 Å². The second-order valence-corrected chi connectivity index (χ2v) is 6.50. The molecule has 1 heterocycles. The van der Waals surface area contributed by atoms with Gasteiger partial charge in [0.05, 0.1) is 25.8 Å². The van der Waals surface area contributed by atoms with Gasteiger partial charge in [-0.1, -0.05) is 0 Å². The standard InChI is InChI=1S/C20H22N4O4/c1-23(15-7-5-14(6-8-15)19(25)27-2)11-17-12-24(20(26)28-17)16-9-3-13(4-10-16)18(21)22/h3-10,17H,11-12H2,1-2H3,(H3,21,22). The van der Waals surface area contributed by atoms with E-state index in [1.54, 1.807) is 41.3 Å². The van der Waals surface area contributed by atoms with Crippen LogP contribution in [0, 0.1) is 5.41 Å². The number of nitrogen functional groups attached to an aromatic ring is 1. The molecule has 0 saturated carbocycles. The number of cyclic esters (lactones) is 1. The molecule has 0 aliphatic carbocycles. The Morgan fingerprint density at radius 2 is 1.82 bits per heavy atom. The first kappa shape index (κ1) is 19.2. The number of anilines is 2. The molecule has 1 atom stereocenters. The number of rotatable bonds is 6. The van der Waals surface area contributed by atoms with E-state index in [1.165, 1.54) is 7.11 Å². The van der Waals surface area contributed by atoms with Crippen molar-refractivity contribution in [3.05, 3.63) is 59.7 Å². The summed E-state index contributed by atoms with van der Waals surface area (Å²) in [5, 5.41) is 7.43. The maximum atomic E-state index is 12.2. The molecule has 3 rings (SSSR count). The lowest BCUT2D eigenvalue weighted by molar-refractivity contribution is 0.0600. The van der Waals surface area contributed by atoms with E-state index < -0.39 is 6.09 Å². The van der Waals surface area contributed by atoms with Gasteiger partial charge in [-0.05, 0) is 48.5 Å². The Bertz CT molecular complexity index is 880. The molecule has 2 aromatic carbocycles. The fourth-order valence-electron chi connectivity index (χ4n) is 3.03. The minimum absolute atomic E-state index is 0.0201. The van der Waals surface area contributed by atoms with Crippen LogP contribution in [0.25, 0.3) is 0 Å². The number of benzene rings is 2. The molecule has 3 N–H and O–H groups in total. The van der Waals surface area contributed by atoms with Crippen molar-refractivity contribution in [3.63, 3.8) is 0 Å². The van der Waals surface area contributed by atoms with Crippen LogP contribution < -0.4 is 15.5 Å². The fourth-order valence-corrected chi connectivity index (χ4v) is 3.03. The van der Waals surface area contributed by atoms with Gasteiger partial charge in [-0.3, -0.25) is 10.3 Å². The second-order valence-electron chi connectivity index (χ2n) is 6.50. The number of amidine groups is 1. The number of hydrogen-bond donors (Lipinski definition) is 2. The third-order valence-electron chi connectivity index (χ3n) is 4.57. The summed E-state index contributed by atoms with van der Waals surface area (Å²) in [5.74, 6) is -0.404. The zero-order valence-corrected chi connectivity index (χ0v) is 15.7. The zero-order chi connectivity index (χ0) is 20.3. The molecule has 2 aromatic rings. The van der Waals surface area contributed by atoms with Crippen molar-refractivity contribution in [1.82, 2.24) is 0 Å². The van der Waals surface area contributed by atoms with Crippen LogP contribution in [0.1, 0.15) is 15.9 Å². The monoisotopic (exact) mass is 382 g/mol. The lowest BCUT2D eigenvalue weighted by atomic mass is 10.1. The molecule has 8 heteroatoms. The molecule has 1 unspecified atom stereocenters. The van der Waals surface area contributed by atoms with Gasteiger partial charge in [-0.15, -0.1) is 0 Å². The van der Waals surface area contributed by atoms with Crippen molar-refractivity contribution in [2.45, 2.75) is 6.10 Å². The van der Waals surface area contributed by atoms with E-state index in [2.05, 4.69) is 0 Å². The summed E-state index contributed by atoms with van der Waals surface area (Å²) in [7, 11) is 3.24. The number of carbonyl (C=O) groups excluding carboxylic acids is 2. The number of ether oxygens (including phenoxy) is 2. The van der Waals surface area contributed by atoms with E-state index in [-0.39, 0.29) is 17.9 Å². The van der Waals surface area contributed by atoms with Crippen LogP contribution in [-0.2, 0) is 9.47 Å². The Morgan fingerprint density at radius 1 is 1.21 bits per heavy atom. The van der Waals surface area contributed by atoms with Gasteiger partial charge in [0.2, 0.25) is 0 Å². The fraction of sp³-hybridized carbons (Fsp3) is 0.250. The molecular weight excluding hydrogens is 360 g/mol. The highest BCUT2D eigenvalue weighted by molar-refractivity contribution is 5.96. The Hall–Kier alpha value is -3.55. The molecular formula is C20H22N4O4. The van der Waals surface area contributed by atoms with Crippen molar-refractivity contribution in [2.75, 3.05) is 37.0 Å². The summed E-state index contributed by atoms with van der Waals surface area (Å²) >= 11 is 0. The van der Waals surface area contributed by atoms with E-state index >= 15 is 0 Å². The number of esters is 1. The summed E-state index contributed by atoms with van der Waals surface area (Å²) < 4.78 is 10.2. The first-order valence-electron chi connectivity index (χ1n) is 8.71. The van der Waals surface area contributed by atoms with Gasteiger partial charge in [-0.2, -0.15) is 0 Å². The normalized spacial score (nSPS) is 15.9. The van der Waals surface area contributed by atoms with Crippen molar-refractivity contribution in [3.8, 4) is 0 Å². The molecule has 0 spiro atoms. The van der Waals surface area contributed by atoms with Crippen LogP contribution in [0.2, 0.25) is 0 Å². The van der Waals surface area contributed by atoms with Gasteiger partial charge in [0, 0.05) is 24.0 Å². The number of hydrogen-bond acceptors (Lipinski definition) is 6. The molecule has 28 heavy (non-hydrogen) atoms. The van der Waals surface area contributed by atoms with Crippen molar-refractivity contribution < 1.29 is 19.1 Å². The number of likely N-dealkylation sites (N-methyl/N-ethyl adjacent to an activating group) is 1. The minimum atomic E-state index is -0.407. The molecule has 1 fully saturated rings. The van der Waals surface area contributed by atoms with E-state index in [0.717, 1.165) is 5.69 Å². The first-order chi connectivity index (χ1) is 13.4. The molecule has 8 nitrogen and oxygen atoms in total. The van der Waals surface area contributed by atoms with Crippen LogP contribution in [0.3, 0.4) is 0 Å². The quantitative estimate of drug-likeness (QED) is 0.450. The molecule has 1 aliphatic heterocycles. The topological polar surface area (TPSA) is 109 Å². The highest BCUT2D eigenvalue weighted by Gasteiger charge is 2.33. The minimum Gasteiger partial charge on any atom is -0.465 e. The summed E-state index contributed by atoms with van der Waals surface area (Å²) in [6.07, 6.45) is -0.708. The summed E-state index contributed by atoms with van der Waals surface area (Å²) in [6, 6.07) is 13.9. The van der Waals surface area contributed by atoms with Crippen LogP contribution in [0.4, 0.5) is 16.2 Å². The van der Waals surface area contributed by atoms with E-state index in [1.807, 2.05) is 24.1 Å². The predicted octanol–water partition coefficient (Wildman–Crippen LogP) is 2.22. The predicted molar refractivity (Wildman–Crippen MR) is 106 cm³/mol. The summed E-state index contributed by atoms with van der Waals surface area (Å²) in [6.45, 7) is 0.925. The maximum absolute atomic E-state index is 12.2. The molecule has 1 aliphatic rings. The van der Waals surface area contributed by atoms with Crippen molar-refractivity contribution >= 4 is 29.3 Å². The molecule has 0 aromatic heterocycles. The van der Waals surface area contributed by atoms with Gasteiger partial charge >= 0.3 is 12.1 Å². The Balaban J connectivity index is 1.63. The Labute approximate surface area is 162 Å². The number of carbonyl (C=O) groups is 2. The lowest BCUT2D eigenvalue weighted by Crippen LogP contribution is -2.32. The lowest BCUT2D eigenvalue weighted by Gasteiger charge is -2.22. The Morgan fingerprint density at radius 3 is 2.39 bits per heavy atom. The van der Waals surface area contributed by atoms with Crippen LogP contribution in [-0.4, -0.2) is 51.2 Å². The van der Waals surface area contributed by atoms with Crippen LogP contribution >= 0.6 is 0 Å². The average molecular weight is 382 g/mol. The molecule has 1 saturated heterocycles. The van der Waals surface area contributed by atoms with Gasteiger partial charge in [0.15, 0.2) is 0 Å². The molecule has 146 valence electrons. The Kier molecular flexibility index (Phi) is 5.49. The molecule has 0 radical (unpaired) electrons. The SMILES string of the molecule is COC(=O)c1ccc(N(C)CC2CN(c3ccc(C(=N)N)cc3)C(=O)O2)cc1. The summed E-state index contributed by atoms with van der Waals surface area (Å²) in [5.41, 5.74) is 8.13. The van der Waals surface area contributed by atoms with Crippen LogP contribution in [0.15, 0.2) is 48.5 Å². The highest BCUT2D eigenvalue weighted by Crippen LogP contribution is 2.23. The third kappa shape index (κ3) is 4.06. The molecule has 0 bridgehead atoms.